The summed E-state index contributed by atoms with van der Waals surface area (Å²) >= 11 is 0. The molecule has 0 aliphatic carbocycles. The van der Waals surface area contributed by atoms with Crippen molar-refractivity contribution in [1.82, 2.24) is 4.31 Å². The van der Waals surface area contributed by atoms with Gasteiger partial charge in [-0.25, -0.2) is 13.9 Å². The minimum Gasteiger partial charge on any atom is -0.369 e. The van der Waals surface area contributed by atoms with E-state index in [0.717, 1.165) is 22.5 Å². The average molecular weight is 319 g/mol. The van der Waals surface area contributed by atoms with E-state index in [9.17, 15) is 22.0 Å². The fourth-order valence-corrected chi connectivity index (χ4v) is 3.33. The third-order valence-electron chi connectivity index (χ3n) is 3.85. The van der Waals surface area contributed by atoms with Gasteiger partial charge in [0, 0.05) is 18.7 Å². The molecule has 0 spiro atoms. The molecule has 1 saturated heterocycles. The van der Waals surface area contributed by atoms with Crippen LogP contribution in [0, 0.1) is 11.6 Å². The van der Waals surface area contributed by atoms with Crippen LogP contribution in [0.4, 0.5) is 8.78 Å². The van der Waals surface area contributed by atoms with Crippen molar-refractivity contribution in [3.05, 3.63) is 35.4 Å². The Labute approximate surface area is 120 Å². The summed E-state index contributed by atoms with van der Waals surface area (Å²) in [6.45, 7) is -0.171. The molecule has 116 valence electrons. The van der Waals surface area contributed by atoms with E-state index in [4.69, 9.17) is 10.9 Å². The van der Waals surface area contributed by atoms with Crippen LogP contribution in [0.3, 0.4) is 0 Å². The summed E-state index contributed by atoms with van der Waals surface area (Å²) in [4.78, 5) is 11.8. The second-order valence-corrected chi connectivity index (χ2v) is 6.56. The van der Waals surface area contributed by atoms with Gasteiger partial charge in [-0.3, -0.25) is 4.79 Å². The molecule has 0 radical (unpaired) electrons. The van der Waals surface area contributed by atoms with Gasteiger partial charge in [-0.15, -0.1) is 0 Å². The number of carbonyl (C=O) groups is 1. The van der Waals surface area contributed by atoms with E-state index in [1.54, 1.807) is 0 Å². The molecule has 9 heteroatoms. The zero-order chi connectivity index (χ0) is 15.8. The van der Waals surface area contributed by atoms with Crippen LogP contribution in [0.25, 0.3) is 0 Å². The van der Waals surface area contributed by atoms with Crippen LogP contribution < -0.4 is 10.9 Å². The molecule has 2 rings (SSSR count). The van der Waals surface area contributed by atoms with Crippen molar-refractivity contribution in [2.24, 2.45) is 10.9 Å². The summed E-state index contributed by atoms with van der Waals surface area (Å²) in [6.07, 6.45) is -0.113. The van der Waals surface area contributed by atoms with Crippen molar-refractivity contribution < 1.29 is 22.0 Å². The van der Waals surface area contributed by atoms with E-state index in [-0.39, 0.29) is 31.5 Å². The summed E-state index contributed by atoms with van der Waals surface area (Å²) in [5, 5.41) is 5.02. The molecule has 4 N–H and O–H groups in total. The van der Waals surface area contributed by atoms with Gasteiger partial charge in [0.1, 0.15) is 11.6 Å². The van der Waals surface area contributed by atoms with Crippen molar-refractivity contribution in [3.63, 3.8) is 0 Å². The van der Waals surface area contributed by atoms with E-state index >= 15 is 0 Å². The summed E-state index contributed by atoms with van der Waals surface area (Å²) in [5.41, 5.74) is 3.79. The summed E-state index contributed by atoms with van der Waals surface area (Å²) in [6, 6.07) is 2.78. The molecule has 0 atom stereocenters. The van der Waals surface area contributed by atoms with E-state index in [1.165, 1.54) is 0 Å². The predicted molar refractivity (Wildman–Crippen MR) is 71.1 cm³/mol. The maximum Gasteiger partial charge on any atom is 0.276 e. The van der Waals surface area contributed by atoms with Gasteiger partial charge in [-0.05, 0) is 31.0 Å². The number of nitrogens with two attached hydrogens (primary N) is 2. The smallest absolute Gasteiger partial charge is 0.276 e. The van der Waals surface area contributed by atoms with Crippen molar-refractivity contribution >= 4 is 16.1 Å². The van der Waals surface area contributed by atoms with Crippen LogP contribution in [-0.4, -0.2) is 31.7 Å². The SMILES string of the molecule is NC(=O)C1(c2cc(F)ccc2F)CCN(S(N)(=O)=O)CC1. The first kappa shape index (κ1) is 15.8. The number of hydrogen-bond donors (Lipinski definition) is 2. The molecule has 1 aromatic rings. The number of piperidine rings is 1. The highest BCUT2D eigenvalue weighted by atomic mass is 32.2. The van der Waals surface area contributed by atoms with Crippen molar-refractivity contribution in [2.75, 3.05) is 13.1 Å². The average Bonchev–Trinajstić information content (AvgIpc) is 2.40. The minimum atomic E-state index is -3.89. The second kappa shape index (κ2) is 5.32. The van der Waals surface area contributed by atoms with E-state index in [1.807, 2.05) is 0 Å². The molecule has 0 bridgehead atoms. The highest BCUT2D eigenvalue weighted by Gasteiger charge is 2.45. The Kier molecular flexibility index (Phi) is 4.00. The van der Waals surface area contributed by atoms with Crippen LogP contribution in [0.1, 0.15) is 18.4 Å². The number of primary amides is 1. The molecule has 1 heterocycles. The van der Waals surface area contributed by atoms with Gasteiger partial charge in [0.15, 0.2) is 0 Å². The van der Waals surface area contributed by atoms with Crippen molar-refractivity contribution in [2.45, 2.75) is 18.3 Å². The fraction of sp³-hybridized carbons (Fsp3) is 0.417. The lowest BCUT2D eigenvalue weighted by Gasteiger charge is -2.38. The molecule has 0 aromatic heterocycles. The Morgan fingerprint density at radius 3 is 2.29 bits per heavy atom. The van der Waals surface area contributed by atoms with Gasteiger partial charge >= 0.3 is 0 Å². The maximum atomic E-state index is 14.0. The van der Waals surface area contributed by atoms with Gasteiger partial charge in [-0.1, -0.05) is 0 Å². The number of halogens is 2. The number of hydrogen-bond acceptors (Lipinski definition) is 3. The predicted octanol–water partition coefficient (Wildman–Crippen LogP) is -0.0128. The summed E-state index contributed by atoms with van der Waals surface area (Å²) in [7, 11) is -3.89. The number of carbonyl (C=O) groups excluding carboxylic acids is 1. The molecule has 0 unspecified atom stereocenters. The van der Waals surface area contributed by atoms with E-state index in [0.29, 0.717) is 0 Å². The van der Waals surface area contributed by atoms with E-state index < -0.39 is 33.2 Å². The Bertz CT molecular complexity index is 670. The van der Waals surface area contributed by atoms with Crippen molar-refractivity contribution in [3.8, 4) is 0 Å². The molecule has 1 aliphatic heterocycles. The number of nitrogens with zero attached hydrogens (tertiary/aromatic N) is 1. The summed E-state index contributed by atoms with van der Waals surface area (Å²) < 4.78 is 50.8. The van der Waals surface area contributed by atoms with Gasteiger partial charge in [0.2, 0.25) is 5.91 Å². The van der Waals surface area contributed by atoms with Gasteiger partial charge < -0.3 is 5.73 Å². The lowest BCUT2D eigenvalue weighted by atomic mass is 9.72. The molecule has 1 amide bonds. The highest BCUT2D eigenvalue weighted by Crippen LogP contribution is 2.37. The zero-order valence-corrected chi connectivity index (χ0v) is 11.9. The molecule has 21 heavy (non-hydrogen) atoms. The van der Waals surface area contributed by atoms with Crippen LogP contribution in [0.15, 0.2) is 18.2 Å². The Morgan fingerprint density at radius 1 is 1.24 bits per heavy atom. The first-order valence-electron chi connectivity index (χ1n) is 6.20. The largest absolute Gasteiger partial charge is 0.369 e. The number of rotatable bonds is 3. The minimum absolute atomic E-state index is 0.0564. The molecule has 1 fully saturated rings. The van der Waals surface area contributed by atoms with Gasteiger partial charge in [0.25, 0.3) is 10.2 Å². The zero-order valence-electron chi connectivity index (χ0n) is 11.1. The lowest BCUT2D eigenvalue weighted by Crippen LogP contribution is -2.53. The fourth-order valence-electron chi connectivity index (χ4n) is 2.64. The molecular formula is C12H15F2N3O3S. The quantitative estimate of drug-likeness (QED) is 0.818. The van der Waals surface area contributed by atoms with Crippen LogP contribution in [0.5, 0.6) is 0 Å². The first-order valence-corrected chi connectivity index (χ1v) is 7.70. The molecule has 1 aromatic carbocycles. The molecule has 0 saturated carbocycles. The highest BCUT2D eigenvalue weighted by molar-refractivity contribution is 7.86. The van der Waals surface area contributed by atoms with Gasteiger partial charge in [-0.2, -0.15) is 12.7 Å². The topological polar surface area (TPSA) is 106 Å². The second-order valence-electron chi connectivity index (χ2n) is 5.01. The standard InChI is InChI=1S/C12H15F2N3O3S/c13-8-1-2-10(14)9(7-8)12(11(15)18)3-5-17(6-4-12)21(16,19)20/h1-2,7H,3-6H2,(H2,15,18)(H2,16,19,20). The third-order valence-corrected chi connectivity index (χ3v) is 4.94. The third kappa shape index (κ3) is 2.89. The number of amides is 1. The first-order chi connectivity index (χ1) is 9.67. The Balaban J connectivity index is 2.41. The van der Waals surface area contributed by atoms with Crippen molar-refractivity contribution in [1.29, 1.82) is 0 Å². The number of benzene rings is 1. The van der Waals surface area contributed by atoms with Crippen LogP contribution in [0.2, 0.25) is 0 Å². The lowest BCUT2D eigenvalue weighted by molar-refractivity contribution is -0.125. The Morgan fingerprint density at radius 2 is 1.81 bits per heavy atom. The summed E-state index contributed by atoms with van der Waals surface area (Å²) in [5.74, 6) is -2.26. The van der Waals surface area contributed by atoms with Crippen LogP contribution in [-0.2, 0) is 20.4 Å². The molecular weight excluding hydrogens is 304 g/mol. The molecule has 6 nitrogen and oxygen atoms in total. The van der Waals surface area contributed by atoms with Crippen LogP contribution >= 0.6 is 0 Å². The maximum absolute atomic E-state index is 14.0. The normalized spacial score (nSPS) is 19.4. The monoisotopic (exact) mass is 319 g/mol. The van der Waals surface area contributed by atoms with Gasteiger partial charge in [0.05, 0.1) is 5.41 Å². The Hall–Kier alpha value is -1.58. The van der Waals surface area contributed by atoms with E-state index in [2.05, 4.69) is 0 Å². The molecule has 1 aliphatic rings.